The standard InChI is InChI=1S/C19H22N2O3/c1-15(19(23)24)20-18(22)14-21(12-16-8-4-2-5-9-16)13-17-10-6-3-7-11-17/h2-11,15H,12-14H2,1H3,(H,20,22)(H,23,24)/t15-/m0/s1. The summed E-state index contributed by atoms with van der Waals surface area (Å²) in [5.74, 6) is -1.34. The smallest absolute Gasteiger partial charge is 0.325 e. The predicted octanol–water partition coefficient (Wildman–Crippen LogP) is 2.28. The number of benzene rings is 2. The molecule has 5 nitrogen and oxygen atoms in total. The van der Waals surface area contributed by atoms with E-state index in [1.807, 2.05) is 65.6 Å². The van der Waals surface area contributed by atoms with Crippen molar-refractivity contribution in [2.45, 2.75) is 26.1 Å². The van der Waals surface area contributed by atoms with Crippen molar-refractivity contribution in [1.82, 2.24) is 10.2 Å². The molecule has 0 aliphatic heterocycles. The first kappa shape index (κ1) is 17.7. The van der Waals surface area contributed by atoms with Gasteiger partial charge in [-0.2, -0.15) is 0 Å². The fraction of sp³-hybridized carbons (Fsp3) is 0.263. The number of hydrogen-bond acceptors (Lipinski definition) is 3. The zero-order chi connectivity index (χ0) is 17.4. The van der Waals surface area contributed by atoms with Crippen LogP contribution < -0.4 is 5.32 Å². The lowest BCUT2D eigenvalue weighted by atomic mass is 10.1. The van der Waals surface area contributed by atoms with Crippen LogP contribution in [-0.2, 0) is 22.7 Å². The van der Waals surface area contributed by atoms with Crippen molar-refractivity contribution in [2.75, 3.05) is 6.54 Å². The molecule has 5 heteroatoms. The first-order valence-electron chi connectivity index (χ1n) is 7.87. The number of hydrogen-bond donors (Lipinski definition) is 2. The fourth-order valence-electron chi connectivity index (χ4n) is 2.40. The summed E-state index contributed by atoms with van der Waals surface area (Å²) in [5.41, 5.74) is 2.21. The lowest BCUT2D eigenvalue weighted by Gasteiger charge is -2.22. The molecule has 0 aliphatic carbocycles. The number of carboxylic acids is 1. The van der Waals surface area contributed by atoms with E-state index in [9.17, 15) is 9.59 Å². The Labute approximate surface area is 141 Å². The van der Waals surface area contributed by atoms with Gasteiger partial charge in [-0.05, 0) is 18.1 Å². The number of carbonyl (C=O) groups is 2. The molecule has 0 radical (unpaired) electrons. The van der Waals surface area contributed by atoms with Crippen LogP contribution in [0.15, 0.2) is 60.7 Å². The number of carbonyl (C=O) groups excluding carboxylic acids is 1. The second-order valence-electron chi connectivity index (χ2n) is 5.74. The van der Waals surface area contributed by atoms with Gasteiger partial charge in [0.2, 0.25) is 5.91 Å². The molecule has 1 amide bonds. The highest BCUT2D eigenvalue weighted by Gasteiger charge is 2.17. The van der Waals surface area contributed by atoms with Crippen molar-refractivity contribution in [1.29, 1.82) is 0 Å². The van der Waals surface area contributed by atoms with E-state index in [0.29, 0.717) is 13.1 Å². The Bertz CT molecular complexity index is 617. The van der Waals surface area contributed by atoms with E-state index in [-0.39, 0.29) is 12.5 Å². The third-order valence-corrected chi connectivity index (χ3v) is 3.61. The number of carboxylic acid groups (broad SMARTS) is 1. The minimum absolute atomic E-state index is 0.140. The lowest BCUT2D eigenvalue weighted by molar-refractivity contribution is -0.141. The van der Waals surface area contributed by atoms with Gasteiger partial charge in [0.25, 0.3) is 0 Å². The largest absolute Gasteiger partial charge is 0.480 e. The van der Waals surface area contributed by atoms with Crippen LogP contribution in [-0.4, -0.2) is 34.5 Å². The fourth-order valence-corrected chi connectivity index (χ4v) is 2.40. The highest BCUT2D eigenvalue weighted by atomic mass is 16.4. The predicted molar refractivity (Wildman–Crippen MR) is 92.2 cm³/mol. The van der Waals surface area contributed by atoms with Gasteiger partial charge < -0.3 is 10.4 Å². The summed E-state index contributed by atoms with van der Waals surface area (Å²) in [6, 6.07) is 18.9. The molecule has 126 valence electrons. The van der Waals surface area contributed by atoms with Crippen LogP contribution in [0.5, 0.6) is 0 Å². The topological polar surface area (TPSA) is 69.6 Å². The molecular formula is C19H22N2O3. The van der Waals surface area contributed by atoms with E-state index in [2.05, 4.69) is 5.32 Å². The van der Waals surface area contributed by atoms with Crippen molar-refractivity contribution in [3.05, 3.63) is 71.8 Å². The average molecular weight is 326 g/mol. The molecule has 2 rings (SSSR count). The van der Waals surface area contributed by atoms with Crippen LogP contribution in [0.2, 0.25) is 0 Å². The highest BCUT2D eigenvalue weighted by molar-refractivity contribution is 5.84. The molecule has 0 spiro atoms. The molecule has 0 saturated heterocycles. The molecule has 0 aliphatic rings. The number of aliphatic carboxylic acids is 1. The molecule has 2 aromatic carbocycles. The molecule has 0 heterocycles. The van der Waals surface area contributed by atoms with Crippen LogP contribution in [0, 0.1) is 0 Å². The van der Waals surface area contributed by atoms with Gasteiger partial charge >= 0.3 is 5.97 Å². The van der Waals surface area contributed by atoms with E-state index in [1.54, 1.807) is 0 Å². The van der Waals surface area contributed by atoms with Crippen molar-refractivity contribution in [3.63, 3.8) is 0 Å². The molecule has 0 bridgehead atoms. The van der Waals surface area contributed by atoms with E-state index < -0.39 is 12.0 Å². The Kier molecular flexibility index (Phi) is 6.51. The molecular weight excluding hydrogens is 304 g/mol. The second-order valence-corrected chi connectivity index (χ2v) is 5.74. The van der Waals surface area contributed by atoms with Gasteiger partial charge in [-0.15, -0.1) is 0 Å². The monoisotopic (exact) mass is 326 g/mol. The molecule has 0 aromatic heterocycles. The Morgan fingerprint density at radius 2 is 1.42 bits per heavy atom. The second kappa shape index (κ2) is 8.84. The first-order chi connectivity index (χ1) is 11.5. The molecule has 2 N–H and O–H groups in total. The normalized spacial score (nSPS) is 11.9. The van der Waals surface area contributed by atoms with Crippen molar-refractivity contribution in [3.8, 4) is 0 Å². The summed E-state index contributed by atoms with van der Waals surface area (Å²) in [6.07, 6.45) is 0. The third kappa shape index (κ3) is 5.85. The maximum atomic E-state index is 12.1. The van der Waals surface area contributed by atoms with Crippen LogP contribution in [0.3, 0.4) is 0 Å². The molecule has 0 unspecified atom stereocenters. The number of nitrogens with zero attached hydrogens (tertiary/aromatic N) is 1. The molecule has 24 heavy (non-hydrogen) atoms. The van der Waals surface area contributed by atoms with Gasteiger partial charge in [-0.1, -0.05) is 60.7 Å². The average Bonchev–Trinajstić information content (AvgIpc) is 2.56. The molecule has 0 saturated carbocycles. The van der Waals surface area contributed by atoms with Crippen LogP contribution >= 0.6 is 0 Å². The Morgan fingerprint density at radius 3 is 1.83 bits per heavy atom. The Hall–Kier alpha value is -2.66. The molecule has 2 aromatic rings. The third-order valence-electron chi connectivity index (χ3n) is 3.61. The van der Waals surface area contributed by atoms with Gasteiger partial charge in [0.15, 0.2) is 0 Å². The van der Waals surface area contributed by atoms with Crippen LogP contribution in [0.4, 0.5) is 0 Å². The van der Waals surface area contributed by atoms with E-state index in [1.165, 1.54) is 6.92 Å². The lowest BCUT2D eigenvalue weighted by Crippen LogP contribution is -2.43. The Morgan fingerprint density at radius 1 is 0.958 bits per heavy atom. The molecule has 0 fully saturated rings. The summed E-state index contributed by atoms with van der Waals surface area (Å²) < 4.78 is 0. The summed E-state index contributed by atoms with van der Waals surface area (Å²) in [4.78, 5) is 25.0. The first-order valence-corrected chi connectivity index (χ1v) is 7.87. The number of amides is 1. The van der Waals surface area contributed by atoms with Gasteiger partial charge in [0, 0.05) is 13.1 Å². The summed E-state index contributed by atoms with van der Waals surface area (Å²) in [5, 5.41) is 11.4. The summed E-state index contributed by atoms with van der Waals surface area (Å²) >= 11 is 0. The van der Waals surface area contributed by atoms with Gasteiger partial charge in [-0.25, -0.2) is 0 Å². The van der Waals surface area contributed by atoms with Crippen molar-refractivity contribution < 1.29 is 14.7 Å². The maximum absolute atomic E-state index is 12.1. The minimum Gasteiger partial charge on any atom is -0.480 e. The molecule has 1 atom stereocenters. The zero-order valence-corrected chi connectivity index (χ0v) is 13.7. The van der Waals surface area contributed by atoms with Crippen LogP contribution in [0.1, 0.15) is 18.1 Å². The minimum atomic E-state index is -1.04. The summed E-state index contributed by atoms with van der Waals surface area (Å²) in [6.45, 7) is 2.83. The zero-order valence-electron chi connectivity index (χ0n) is 13.7. The van der Waals surface area contributed by atoms with E-state index in [4.69, 9.17) is 5.11 Å². The van der Waals surface area contributed by atoms with Gasteiger partial charge in [-0.3, -0.25) is 14.5 Å². The van der Waals surface area contributed by atoms with Crippen LogP contribution in [0.25, 0.3) is 0 Å². The Balaban J connectivity index is 2.04. The van der Waals surface area contributed by atoms with Gasteiger partial charge in [0.1, 0.15) is 6.04 Å². The van der Waals surface area contributed by atoms with E-state index >= 15 is 0 Å². The SMILES string of the molecule is C[C@H](NC(=O)CN(Cc1ccccc1)Cc1ccccc1)C(=O)O. The summed E-state index contributed by atoms with van der Waals surface area (Å²) in [7, 11) is 0. The van der Waals surface area contributed by atoms with Crippen molar-refractivity contribution >= 4 is 11.9 Å². The quantitative estimate of drug-likeness (QED) is 0.781. The van der Waals surface area contributed by atoms with Gasteiger partial charge in [0.05, 0.1) is 6.54 Å². The number of rotatable bonds is 8. The highest BCUT2D eigenvalue weighted by Crippen LogP contribution is 2.09. The van der Waals surface area contributed by atoms with E-state index in [0.717, 1.165) is 11.1 Å². The van der Waals surface area contributed by atoms with Crippen molar-refractivity contribution in [2.24, 2.45) is 0 Å². The number of nitrogens with one attached hydrogen (secondary N) is 1. The maximum Gasteiger partial charge on any atom is 0.325 e.